The van der Waals surface area contributed by atoms with E-state index in [1.807, 2.05) is 16.3 Å². The summed E-state index contributed by atoms with van der Waals surface area (Å²) in [5.74, 6) is -0.444. The third-order valence-electron chi connectivity index (χ3n) is 4.37. The molecule has 0 spiro atoms. The van der Waals surface area contributed by atoms with Gasteiger partial charge in [0.2, 0.25) is 0 Å². The van der Waals surface area contributed by atoms with Crippen LogP contribution in [0, 0.1) is 5.92 Å². The molecule has 3 rings (SSSR count). The van der Waals surface area contributed by atoms with Crippen molar-refractivity contribution >= 4 is 23.3 Å². The van der Waals surface area contributed by atoms with Gasteiger partial charge in [0, 0.05) is 24.5 Å². The predicted octanol–water partition coefficient (Wildman–Crippen LogP) is 2.58. The summed E-state index contributed by atoms with van der Waals surface area (Å²) in [6, 6.07) is 0.896. The number of likely N-dealkylation sites (tertiary alicyclic amines) is 1. The van der Waals surface area contributed by atoms with E-state index in [0.29, 0.717) is 12.5 Å². The predicted molar refractivity (Wildman–Crippen MR) is 80.5 cm³/mol. The van der Waals surface area contributed by atoms with Crippen LogP contribution in [0.2, 0.25) is 0 Å². The molecule has 2 amide bonds. The van der Waals surface area contributed by atoms with Gasteiger partial charge < -0.3 is 14.9 Å². The summed E-state index contributed by atoms with van der Waals surface area (Å²) in [5, 5.41) is 11.5. The maximum Gasteiger partial charge on any atom is 0.331 e. The van der Waals surface area contributed by atoms with Crippen LogP contribution in [0.15, 0.2) is 11.4 Å². The van der Waals surface area contributed by atoms with Crippen LogP contribution >= 0.6 is 11.3 Å². The quantitative estimate of drug-likeness (QED) is 0.867. The van der Waals surface area contributed by atoms with E-state index < -0.39 is 12.0 Å². The lowest BCUT2D eigenvalue weighted by Gasteiger charge is -2.39. The monoisotopic (exact) mass is 308 g/mol. The summed E-state index contributed by atoms with van der Waals surface area (Å²) in [5.41, 5.74) is 0.789. The molecule has 21 heavy (non-hydrogen) atoms. The fourth-order valence-electron chi connectivity index (χ4n) is 3.33. The summed E-state index contributed by atoms with van der Waals surface area (Å²) in [6.07, 6.45) is 2.90. The second-order valence-corrected chi connectivity index (χ2v) is 6.96. The Kier molecular flexibility index (Phi) is 3.89. The fourth-order valence-corrected chi connectivity index (χ4v) is 4.24. The van der Waals surface area contributed by atoms with E-state index in [4.69, 9.17) is 0 Å². The minimum atomic E-state index is -0.937. The number of fused-ring (bicyclic) bond motifs is 1. The Morgan fingerprint density at radius 1 is 1.38 bits per heavy atom. The van der Waals surface area contributed by atoms with Crippen molar-refractivity contribution in [1.82, 2.24) is 9.80 Å². The molecule has 1 aromatic heterocycles. The first-order chi connectivity index (χ1) is 10.1. The number of urea groups is 1. The zero-order valence-corrected chi connectivity index (χ0v) is 12.9. The molecule has 2 aliphatic rings. The molecule has 6 heteroatoms. The highest BCUT2D eigenvalue weighted by Crippen LogP contribution is 2.34. The number of hydrogen-bond acceptors (Lipinski definition) is 3. The number of carbonyl (C=O) groups excluding carboxylic acids is 1. The lowest BCUT2D eigenvalue weighted by Crippen LogP contribution is -2.51. The van der Waals surface area contributed by atoms with Crippen molar-refractivity contribution in [2.45, 2.75) is 32.2 Å². The summed E-state index contributed by atoms with van der Waals surface area (Å²) in [4.78, 5) is 28.9. The van der Waals surface area contributed by atoms with Crippen LogP contribution in [-0.2, 0) is 11.2 Å². The van der Waals surface area contributed by atoms with Crippen molar-refractivity contribution in [2.24, 2.45) is 5.92 Å². The smallest absolute Gasteiger partial charge is 0.331 e. The van der Waals surface area contributed by atoms with Crippen LogP contribution in [0.5, 0.6) is 0 Å². The molecule has 0 aromatic carbocycles. The van der Waals surface area contributed by atoms with E-state index in [9.17, 15) is 14.7 Å². The highest BCUT2D eigenvalue weighted by atomic mass is 32.1. The average molecular weight is 308 g/mol. The molecule has 2 unspecified atom stereocenters. The standard InChI is InChI=1S/C15H20N2O3S/c1-10-3-2-6-16(9-10)15(20)17-7-4-12-11(5-8-21-12)13(17)14(18)19/h5,8,10,13H,2-4,6-7,9H2,1H3,(H,18,19). The highest BCUT2D eigenvalue weighted by Gasteiger charge is 2.38. The van der Waals surface area contributed by atoms with Crippen molar-refractivity contribution in [3.8, 4) is 0 Å². The van der Waals surface area contributed by atoms with E-state index in [0.717, 1.165) is 42.8 Å². The first-order valence-corrected chi connectivity index (χ1v) is 8.30. The SMILES string of the molecule is CC1CCCN(C(=O)N2CCc3sccc3C2C(=O)O)C1. The number of nitrogens with zero attached hydrogens (tertiary/aromatic N) is 2. The van der Waals surface area contributed by atoms with Crippen LogP contribution < -0.4 is 0 Å². The molecule has 2 atom stereocenters. The fraction of sp³-hybridized carbons (Fsp3) is 0.600. The Balaban J connectivity index is 1.84. The topological polar surface area (TPSA) is 60.9 Å². The molecule has 2 aliphatic heterocycles. The van der Waals surface area contributed by atoms with Crippen molar-refractivity contribution < 1.29 is 14.7 Å². The number of carboxylic acid groups (broad SMARTS) is 1. The lowest BCUT2D eigenvalue weighted by molar-refractivity contribution is -0.143. The van der Waals surface area contributed by atoms with Crippen LogP contribution in [0.4, 0.5) is 4.79 Å². The molecule has 5 nitrogen and oxygen atoms in total. The molecular formula is C15H20N2O3S. The van der Waals surface area contributed by atoms with Gasteiger partial charge in [-0.2, -0.15) is 0 Å². The molecule has 3 heterocycles. The highest BCUT2D eigenvalue weighted by molar-refractivity contribution is 7.10. The normalized spacial score (nSPS) is 25.6. The number of rotatable bonds is 1. The van der Waals surface area contributed by atoms with Crippen molar-refractivity contribution in [2.75, 3.05) is 19.6 Å². The van der Waals surface area contributed by atoms with Gasteiger partial charge in [0.25, 0.3) is 0 Å². The van der Waals surface area contributed by atoms with Gasteiger partial charge in [-0.05, 0) is 42.2 Å². The van der Waals surface area contributed by atoms with Crippen molar-refractivity contribution in [3.63, 3.8) is 0 Å². The maximum atomic E-state index is 12.7. The summed E-state index contributed by atoms with van der Waals surface area (Å²) >= 11 is 1.58. The van der Waals surface area contributed by atoms with Crippen LogP contribution in [-0.4, -0.2) is 46.5 Å². The zero-order valence-electron chi connectivity index (χ0n) is 12.1. The Bertz CT molecular complexity index is 557. The number of hydrogen-bond donors (Lipinski definition) is 1. The van der Waals surface area contributed by atoms with Crippen molar-refractivity contribution in [1.29, 1.82) is 0 Å². The van der Waals surface area contributed by atoms with Crippen molar-refractivity contribution in [3.05, 3.63) is 21.9 Å². The Labute approximate surface area is 128 Å². The average Bonchev–Trinajstić information content (AvgIpc) is 2.93. The van der Waals surface area contributed by atoms with Gasteiger partial charge in [-0.3, -0.25) is 0 Å². The third-order valence-corrected chi connectivity index (χ3v) is 5.37. The first kappa shape index (κ1) is 14.4. The number of piperidine rings is 1. The van der Waals surface area contributed by atoms with Gasteiger partial charge in [0.05, 0.1) is 0 Å². The molecule has 0 radical (unpaired) electrons. The van der Waals surface area contributed by atoms with E-state index >= 15 is 0 Å². The Morgan fingerprint density at radius 3 is 2.90 bits per heavy atom. The molecule has 0 bridgehead atoms. The van der Waals surface area contributed by atoms with Gasteiger partial charge in [-0.15, -0.1) is 11.3 Å². The van der Waals surface area contributed by atoms with Gasteiger partial charge in [-0.25, -0.2) is 9.59 Å². The lowest BCUT2D eigenvalue weighted by atomic mass is 9.98. The van der Waals surface area contributed by atoms with E-state index in [-0.39, 0.29) is 6.03 Å². The number of carbonyl (C=O) groups is 2. The summed E-state index contributed by atoms with van der Waals surface area (Å²) in [6.45, 7) is 4.11. The van der Waals surface area contributed by atoms with E-state index in [2.05, 4.69) is 6.92 Å². The van der Waals surface area contributed by atoms with Gasteiger partial charge in [-0.1, -0.05) is 6.92 Å². The molecule has 1 N–H and O–H groups in total. The zero-order chi connectivity index (χ0) is 15.0. The molecule has 1 fully saturated rings. The number of thiophene rings is 1. The van der Waals surface area contributed by atoms with Gasteiger partial charge in [0.1, 0.15) is 0 Å². The second-order valence-electron chi connectivity index (χ2n) is 5.96. The molecule has 1 aromatic rings. The molecule has 114 valence electrons. The second kappa shape index (κ2) is 5.67. The van der Waals surface area contributed by atoms with Gasteiger partial charge in [0.15, 0.2) is 6.04 Å². The van der Waals surface area contributed by atoms with Crippen LogP contribution in [0.25, 0.3) is 0 Å². The molecule has 1 saturated heterocycles. The van der Waals surface area contributed by atoms with Crippen LogP contribution in [0.1, 0.15) is 36.2 Å². The largest absolute Gasteiger partial charge is 0.479 e. The number of aliphatic carboxylic acids is 1. The summed E-state index contributed by atoms with van der Waals surface area (Å²) < 4.78 is 0. The van der Waals surface area contributed by atoms with Gasteiger partial charge >= 0.3 is 12.0 Å². The van der Waals surface area contributed by atoms with Crippen LogP contribution in [0.3, 0.4) is 0 Å². The summed E-state index contributed by atoms with van der Waals surface area (Å²) in [7, 11) is 0. The third kappa shape index (κ3) is 2.64. The maximum absolute atomic E-state index is 12.7. The Morgan fingerprint density at radius 2 is 2.19 bits per heavy atom. The first-order valence-electron chi connectivity index (χ1n) is 7.42. The minimum Gasteiger partial charge on any atom is -0.479 e. The minimum absolute atomic E-state index is 0.120. The number of amides is 2. The van der Waals surface area contributed by atoms with E-state index in [1.54, 1.807) is 11.3 Å². The van der Waals surface area contributed by atoms with E-state index in [1.165, 1.54) is 4.90 Å². The molecule has 0 saturated carbocycles. The molecule has 0 aliphatic carbocycles. The molecular weight excluding hydrogens is 288 g/mol. The number of carboxylic acids is 1. The Hall–Kier alpha value is -1.56.